The van der Waals surface area contributed by atoms with Crippen molar-refractivity contribution >= 4 is 17.2 Å². The lowest BCUT2D eigenvalue weighted by Gasteiger charge is -2.40. The van der Waals surface area contributed by atoms with Crippen LogP contribution in [0.1, 0.15) is 36.5 Å². The van der Waals surface area contributed by atoms with E-state index in [1.807, 2.05) is 35.5 Å². The summed E-state index contributed by atoms with van der Waals surface area (Å²) in [7, 11) is 0. The lowest BCUT2D eigenvalue weighted by atomic mass is 10.1. The molecule has 6 heteroatoms. The number of aromatic amines is 1. The number of nitrogens with one attached hydrogen (secondary N) is 1. The maximum absolute atomic E-state index is 12.8. The van der Waals surface area contributed by atoms with E-state index in [9.17, 15) is 4.79 Å². The Balaban J connectivity index is 1.74. The number of aromatic nitrogens is 2. The van der Waals surface area contributed by atoms with Crippen LogP contribution in [0.2, 0.25) is 0 Å². The largest absolute Gasteiger partial charge is 0.347 e. The summed E-state index contributed by atoms with van der Waals surface area (Å²) in [6, 6.07) is 4.21. The minimum absolute atomic E-state index is 0.0644. The van der Waals surface area contributed by atoms with Crippen molar-refractivity contribution in [1.29, 1.82) is 0 Å². The molecule has 118 valence electrons. The van der Waals surface area contributed by atoms with E-state index in [0.29, 0.717) is 6.54 Å². The van der Waals surface area contributed by atoms with Gasteiger partial charge in [-0.15, -0.1) is 11.3 Å². The minimum atomic E-state index is -0.0644. The Morgan fingerprint density at radius 2 is 2.41 bits per heavy atom. The molecule has 3 rings (SSSR count). The van der Waals surface area contributed by atoms with E-state index in [1.165, 1.54) is 0 Å². The van der Waals surface area contributed by atoms with Crippen molar-refractivity contribution in [2.45, 2.75) is 25.8 Å². The molecule has 1 aliphatic heterocycles. The molecule has 1 N–H and O–H groups in total. The first-order valence-corrected chi connectivity index (χ1v) is 8.64. The molecule has 1 fully saturated rings. The van der Waals surface area contributed by atoms with E-state index in [-0.39, 0.29) is 17.9 Å². The molecule has 0 aromatic carbocycles. The highest BCUT2D eigenvalue weighted by atomic mass is 32.1. The van der Waals surface area contributed by atoms with Crippen LogP contribution in [0.15, 0.2) is 29.9 Å². The first kappa shape index (κ1) is 15.2. The molecule has 1 aliphatic rings. The van der Waals surface area contributed by atoms with Gasteiger partial charge in [0.05, 0.1) is 12.0 Å². The van der Waals surface area contributed by atoms with E-state index in [4.69, 9.17) is 0 Å². The van der Waals surface area contributed by atoms with Gasteiger partial charge in [0, 0.05) is 36.9 Å². The molecule has 0 bridgehead atoms. The molecule has 0 radical (unpaired) electrons. The maximum atomic E-state index is 12.8. The highest BCUT2D eigenvalue weighted by Crippen LogP contribution is 2.27. The molecule has 2 aromatic rings. The third-order valence-electron chi connectivity index (χ3n) is 4.38. The second-order valence-electron chi connectivity index (χ2n) is 5.64. The number of thiophene rings is 1. The summed E-state index contributed by atoms with van der Waals surface area (Å²) in [5.41, 5.74) is 0. The molecule has 2 atom stereocenters. The number of rotatable bonds is 4. The van der Waals surface area contributed by atoms with Crippen molar-refractivity contribution in [3.8, 4) is 0 Å². The Morgan fingerprint density at radius 3 is 3.05 bits per heavy atom. The van der Waals surface area contributed by atoms with Crippen LogP contribution in [0.5, 0.6) is 0 Å². The molecular weight excluding hydrogens is 296 g/mol. The number of amides is 1. The van der Waals surface area contributed by atoms with Crippen molar-refractivity contribution in [2.24, 2.45) is 0 Å². The van der Waals surface area contributed by atoms with Crippen molar-refractivity contribution in [1.82, 2.24) is 19.8 Å². The van der Waals surface area contributed by atoms with E-state index < -0.39 is 0 Å². The molecule has 1 amide bonds. The molecule has 1 saturated heterocycles. The number of hydrogen-bond acceptors (Lipinski definition) is 4. The fourth-order valence-electron chi connectivity index (χ4n) is 3.05. The van der Waals surface area contributed by atoms with Crippen molar-refractivity contribution in [2.75, 3.05) is 26.2 Å². The Labute approximate surface area is 135 Å². The zero-order valence-corrected chi connectivity index (χ0v) is 13.8. The highest BCUT2D eigenvalue weighted by Gasteiger charge is 2.33. The Morgan fingerprint density at radius 1 is 1.55 bits per heavy atom. The quantitative estimate of drug-likeness (QED) is 0.942. The number of imidazole rings is 1. The molecule has 3 heterocycles. The minimum Gasteiger partial charge on any atom is -0.347 e. The predicted molar refractivity (Wildman–Crippen MR) is 87.9 cm³/mol. The van der Waals surface area contributed by atoms with E-state index >= 15 is 0 Å². The molecule has 2 aromatic heterocycles. The number of hydrogen-bond donors (Lipinski definition) is 1. The molecule has 22 heavy (non-hydrogen) atoms. The van der Waals surface area contributed by atoms with Crippen molar-refractivity contribution < 1.29 is 4.79 Å². The fraction of sp³-hybridized carbons (Fsp3) is 0.500. The monoisotopic (exact) mass is 318 g/mol. The Bertz CT molecular complexity index is 596. The van der Waals surface area contributed by atoms with Gasteiger partial charge in [0.2, 0.25) is 5.91 Å². The van der Waals surface area contributed by atoms with Gasteiger partial charge in [-0.2, -0.15) is 0 Å². The summed E-state index contributed by atoms with van der Waals surface area (Å²) in [4.78, 5) is 25.9. The first-order chi connectivity index (χ1) is 10.7. The number of carbonyl (C=O) groups is 1. The van der Waals surface area contributed by atoms with Gasteiger partial charge in [-0.25, -0.2) is 4.98 Å². The molecule has 0 aliphatic carbocycles. The van der Waals surface area contributed by atoms with Crippen LogP contribution in [0, 0.1) is 0 Å². The Kier molecular flexibility index (Phi) is 4.59. The average molecular weight is 318 g/mol. The first-order valence-electron chi connectivity index (χ1n) is 7.76. The zero-order chi connectivity index (χ0) is 15.5. The van der Waals surface area contributed by atoms with Crippen LogP contribution in [0.25, 0.3) is 0 Å². The normalized spacial score (nSPS) is 21.0. The Hall–Kier alpha value is -1.66. The van der Waals surface area contributed by atoms with Crippen molar-refractivity contribution in [3.05, 3.63) is 40.6 Å². The second-order valence-corrected chi connectivity index (χ2v) is 6.62. The molecule has 5 nitrogen and oxygen atoms in total. The van der Waals surface area contributed by atoms with Crippen LogP contribution in [0.4, 0.5) is 0 Å². The molecular formula is C16H22N4OS. The number of nitrogens with zero attached hydrogens (tertiary/aromatic N) is 3. The van der Waals surface area contributed by atoms with Gasteiger partial charge in [-0.1, -0.05) is 13.0 Å². The molecule has 0 saturated carbocycles. The van der Waals surface area contributed by atoms with Gasteiger partial charge >= 0.3 is 0 Å². The van der Waals surface area contributed by atoms with E-state index in [1.54, 1.807) is 17.5 Å². The SMILES string of the molecule is CCN1CCN(C(=O)[C@H](C)c2cccs2)C[C@H]1c1ncc[nH]1. The van der Waals surface area contributed by atoms with E-state index in [0.717, 1.165) is 30.3 Å². The second kappa shape index (κ2) is 6.62. The highest BCUT2D eigenvalue weighted by molar-refractivity contribution is 7.10. The van der Waals surface area contributed by atoms with Crippen LogP contribution < -0.4 is 0 Å². The zero-order valence-electron chi connectivity index (χ0n) is 13.0. The fourth-order valence-corrected chi connectivity index (χ4v) is 3.83. The van der Waals surface area contributed by atoms with Crippen LogP contribution in [-0.4, -0.2) is 51.9 Å². The van der Waals surface area contributed by atoms with Gasteiger partial charge in [-0.05, 0) is 24.9 Å². The van der Waals surface area contributed by atoms with E-state index in [2.05, 4.69) is 21.8 Å². The summed E-state index contributed by atoms with van der Waals surface area (Å²) in [6.45, 7) is 7.51. The van der Waals surface area contributed by atoms with Crippen LogP contribution in [0.3, 0.4) is 0 Å². The lowest BCUT2D eigenvalue weighted by molar-refractivity contribution is -0.135. The predicted octanol–water partition coefficient (Wildman–Crippen LogP) is 2.48. The van der Waals surface area contributed by atoms with Crippen LogP contribution in [-0.2, 0) is 4.79 Å². The van der Waals surface area contributed by atoms with Gasteiger partial charge in [0.25, 0.3) is 0 Å². The van der Waals surface area contributed by atoms with Gasteiger partial charge in [0.1, 0.15) is 5.82 Å². The van der Waals surface area contributed by atoms with Gasteiger partial charge < -0.3 is 9.88 Å². The smallest absolute Gasteiger partial charge is 0.230 e. The number of likely N-dealkylation sites (N-methyl/N-ethyl adjacent to an activating group) is 1. The van der Waals surface area contributed by atoms with Crippen LogP contribution >= 0.6 is 11.3 Å². The molecule has 0 unspecified atom stereocenters. The molecule has 0 spiro atoms. The summed E-state index contributed by atoms with van der Waals surface area (Å²) in [6.07, 6.45) is 3.62. The standard InChI is InChI=1S/C16H22N4OS/c1-3-19-8-9-20(11-13(19)15-17-6-7-18-15)16(21)12(2)14-5-4-10-22-14/h4-7,10,12-13H,3,8-9,11H2,1-2H3,(H,17,18)/t12-,13+/m1/s1. The number of carbonyl (C=O) groups excluding carboxylic acids is 1. The number of piperazine rings is 1. The number of H-pyrrole nitrogens is 1. The summed E-state index contributed by atoms with van der Waals surface area (Å²) < 4.78 is 0. The van der Waals surface area contributed by atoms with Crippen molar-refractivity contribution in [3.63, 3.8) is 0 Å². The maximum Gasteiger partial charge on any atom is 0.230 e. The third-order valence-corrected chi connectivity index (χ3v) is 5.44. The topological polar surface area (TPSA) is 52.2 Å². The summed E-state index contributed by atoms with van der Waals surface area (Å²) in [5.74, 6) is 1.10. The third kappa shape index (κ3) is 2.94. The van der Waals surface area contributed by atoms with Gasteiger partial charge in [0.15, 0.2) is 0 Å². The average Bonchev–Trinajstić information content (AvgIpc) is 3.25. The van der Waals surface area contributed by atoms with Gasteiger partial charge in [-0.3, -0.25) is 9.69 Å². The summed E-state index contributed by atoms with van der Waals surface area (Å²) in [5, 5.41) is 2.03. The lowest BCUT2D eigenvalue weighted by Crippen LogP contribution is -2.51. The summed E-state index contributed by atoms with van der Waals surface area (Å²) >= 11 is 1.65.